The Morgan fingerprint density at radius 3 is 2.42 bits per heavy atom. The highest BCUT2D eigenvalue weighted by atomic mass is 35.5. The van der Waals surface area contributed by atoms with Crippen LogP contribution in [0.4, 0.5) is 4.39 Å². The van der Waals surface area contributed by atoms with Crippen molar-refractivity contribution in [1.82, 2.24) is 0 Å². The van der Waals surface area contributed by atoms with E-state index in [-0.39, 0.29) is 17.8 Å². The first-order chi connectivity index (χ1) is 11.3. The van der Waals surface area contributed by atoms with Crippen LogP contribution >= 0.6 is 11.6 Å². The molecule has 0 aliphatic heterocycles. The van der Waals surface area contributed by atoms with Crippen LogP contribution in [0, 0.1) is 12.7 Å². The lowest BCUT2D eigenvalue weighted by molar-refractivity contribution is -0.143. The number of carbonyl (C=O) groups is 1. The zero-order chi connectivity index (χ0) is 18.1. The lowest BCUT2D eigenvalue weighted by Crippen LogP contribution is -2.20. The average molecular weight is 352 g/mol. The van der Waals surface area contributed by atoms with E-state index < -0.39 is 0 Å². The van der Waals surface area contributed by atoms with Gasteiger partial charge in [0.05, 0.1) is 13.0 Å². The first-order valence-electron chi connectivity index (χ1n) is 7.76. The number of ether oxygens (including phenoxy) is 1. The Labute approximate surface area is 147 Å². The van der Waals surface area contributed by atoms with Gasteiger partial charge in [-0.25, -0.2) is 4.39 Å². The van der Waals surface area contributed by atoms with Crippen molar-refractivity contribution >= 4 is 17.6 Å². The number of carbonyl (C=O) groups excluding carboxylic acids is 1. The Balaban J connectivity index is 0.000000277. The monoisotopic (exact) mass is 351 g/mol. The van der Waals surface area contributed by atoms with E-state index in [1.807, 2.05) is 31.2 Å². The fraction of sp³-hybridized carbons (Fsp3) is 0.316. The summed E-state index contributed by atoms with van der Waals surface area (Å²) in [5.41, 5.74) is 7.87. The Morgan fingerprint density at radius 1 is 1.25 bits per heavy atom. The minimum Gasteiger partial charge on any atom is -0.466 e. The van der Waals surface area contributed by atoms with Gasteiger partial charge in [0.25, 0.3) is 0 Å². The van der Waals surface area contributed by atoms with Gasteiger partial charge in [0.1, 0.15) is 5.82 Å². The molecule has 1 unspecified atom stereocenters. The predicted octanol–water partition coefficient (Wildman–Crippen LogP) is 4.74. The van der Waals surface area contributed by atoms with Gasteiger partial charge in [0.15, 0.2) is 0 Å². The molecular weight excluding hydrogens is 329 g/mol. The number of esters is 1. The van der Waals surface area contributed by atoms with Gasteiger partial charge in [0, 0.05) is 16.6 Å². The number of hydrogen-bond acceptors (Lipinski definition) is 3. The van der Waals surface area contributed by atoms with Gasteiger partial charge < -0.3 is 10.5 Å². The SMILES string of the molecule is CCOC(=O)CC(C)N.Cc1ccc(-c2cc(Cl)ccc2F)cc1. The second kappa shape index (κ2) is 10.1. The molecule has 2 aromatic carbocycles. The maximum atomic E-state index is 13.5. The van der Waals surface area contributed by atoms with Crippen molar-refractivity contribution in [3.8, 4) is 11.1 Å². The Morgan fingerprint density at radius 2 is 1.88 bits per heavy atom. The van der Waals surface area contributed by atoms with Crippen LogP contribution in [-0.2, 0) is 9.53 Å². The molecule has 0 bridgehead atoms. The smallest absolute Gasteiger partial charge is 0.307 e. The average Bonchev–Trinajstić information content (AvgIpc) is 2.51. The van der Waals surface area contributed by atoms with Gasteiger partial charge in [-0.1, -0.05) is 41.4 Å². The van der Waals surface area contributed by atoms with Crippen molar-refractivity contribution in [3.63, 3.8) is 0 Å². The summed E-state index contributed by atoms with van der Waals surface area (Å²) in [6.45, 7) is 5.99. The van der Waals surface area contributed by atoms with Crippen molar-refractivity contribution < 1.29 is 13.9 Å². The molecule has 2 aromatic rings. The van der Waals surface area contributed by atoms with Crippen LogP contribution in [0.25, 0.3) is 11.1 Å². The second-order valence-corrected chi connectivity index (χ2v) is 5.91. The van der Waals surface area contributed by atoms with Crippen LogP contribution in [0.15, 0.2) is 42.5 Å². The van der Waals surface area contributed by atoms with Crippen molar-refractivity contribution in [3.05, 3.63) is 58.9 Å². The van der Waals surface area contributed by atoms with E-state index in [0.29, 0.717) is 23.6 Å². The molecule has 0 aromatic heterocycles. The van der Waals surface area contributed by atoms with Crippen LogP contribution in [0.5, 0.6) is 0 Å². The molecule has 0 aliphatic rings. The van der Waals surface area contributed by atoms with Crippen LogP contribution in [-0.4, -0.2) is 18.6 Å². The highest BCUT2D eigenvalue weighted by Crippen LogP contribution is 2.26. The molecule has 3 nitrogen and oxygen atoms in total. The summed E-state index contributed by atoms with van der Waals surface area (Å²) in [6.07, 6.45) is 0.313. The fourth-order valence-corrected chi connectivity index (χ4v) is 2.11. The van der Waals surface area contributed by atoms with E-state index >= 15 is 0 Å². The van der Waals surface area contributed by atoms with E-state index in [2.05, 4.69) is 4.74 Å². The van der Waals surface area contributed by atoms with Gasteiger partial charge in [0.2, 0.25) is 0 Å². The Bertz CT molecular complexity index is 657. The molecule has 0 amide bonds. The van der Waals surface area contributed by atoms with E-state index in [0.717, 1.165) is 11.1 Å². The first kappa shape index (κ1) is 20.1. The highest BCUT2D eigenvalue weighted by molar-refractivity contribution is 6.30. The maximum absolute atomic E-state index is 13.5. The third-order valence-electron chi connectivity index (χ3n) is 3.08. The summed E-state index contributed by atoms with van der Waals surface area (Å²) in [4.78, 5) is 10.6. The molecule has 130 valence electrons. The van der Waals surface area contributed by atoms with Crippen LogP contribution in [0.1, 0.15) is 25.8 Å². The molecule has 2 N–H and O–H groups in total. The summed E-state index contributed by atoms with van der Waals surface area (Å²) in [5.74, 6) is -0.462. The van der Waals surface area contributed by atoms with Gasteiger partial charge in [-0.05, 0) is 44.5 Å². The maximum Gasteiger partial charge on any atom is 0.307 e. The molecule has 0 saturated carbocycles. The molecular formula is C19H23ClFNO2. The molecule has 0 spiro atoms. The van der Waals surface area contributed by atoms with Crippen LogP contribution < -0.4 is 5.73 Å². The van der Waals surface area contributed by atoms with Crippen LogP contribution in [0.2, 0.25) is 5.02 Å². The van der Waals surface area contributed by atoms with E-state index in [4.69, 9.17) is 17.3 Å². The standard InChI is InChI=1S/C13H10ClF.C6H13NO2/c1-9-2-4-10(5-3-9)12-8-11(14)6-7-13(12)15;1-3-9-6(8)4-5(2)7/h2-8H,1H3;5H,3-4,7H2,1-2H3. The minimum absolute atomic E-state index is 0.0935. The first-order valence-corrected chi connectivity index (χ1v) is 8.14. The summed E-state index contributed by atoms with van der Waals surface area (Å²) >= 11 is 5.83. The van der Waals surface area contributed by atoms with Crippen molar-refractivity contribution in [2.75, 3.05) is 6.61 Å². The van der Waals surface area contributed by atoms with Crippen molar-refractivity contribution in [1.29, 1.82) is 0 Å². The minimum atomic E-state index is -0.247. The number of benzene rings is 2. The molecule has 0 aliphatic carbocycles. The summed E-state index contributed by atoms with van der Waals surface area (Å²) in [7, 11) is 0. The normalized spacial score (nSPS) is 11.2. The summed E-state index contributed by atoms with van der Waals surface area (Å²) in [6, 6.07) is 12.2. The number of hydrogen-bond donors (Lipinski definition) is 1. The summed E-state index contributed by atoms with van der Waals surface area (Å²) < 4.78 is 18.1. The lowest BCUT2D eigenvalue weighted by atomic mass is 10.0. The molecule has 0 fully saturated rings. The molecule has 2 rings (SSSR count). The van der Waals surface area contributed by atoms with E-state index in [9.17, 15) is 9.18 Å². The zero-order valence-electron chi connectivity index (χ0n) is 14.2. The number of rotatable bonds is 4. The van der Waals surface area contributed by atoms with Crippen LogP contribution in [0.3, 0.4) is 0 Å². The Kier molecular flexibility index (Phi) is 8.44. The largest absolute Gasteiger partial charge is 0.466 e. The van der Waals surface area contributed by atoms with Crippen molar-refractivity contribution in [2.24, 2.45) is 5.73 Å². The van der Waals surface area contributed by atoms with Gasteiger partial charge >= 0.3 is 5.97 Å². The third-order valence-corrected chi connectivity index (χ3v) is 3.32. The quantitative estimate of drug-likeness (QED) is 0.809. The lowest BCUT2D eigenvalue weighted by Gasteiger charge is -2.04. The molecule has 0 radical (unpaired) electrons. The fourth-order valence-electron chi connectivity index (χ4n) is 1.93. The number of halogens is 2. The predicted molar refractivity (Wildman–Crippen MR) is 96.5 cm³/mol. The molecule has 24 heavy (non-hydrogen) atoms. The van der Waals surface area contributed by atoms with Gasteiger partial charge in [-0.2, -0.15) is 0 Å². The second-order valence-electron chi connectivity index (χ2n) is 5.48. The molecule has 0 heterocycles. The van der Waals surface area contributed by atoms with E-state index in [1.54, 1.807) is 26.0 Å². The topological polar surface area (TPSA) is 52.3 Å². The third kappa shape index (κ3) is 7.11. The molecule has 0 saturated heterocycles. The van der Waals surface area contributed by atoms with Crippen molar-refractivity contribution in [2.45, 2.75) is 33.2 Å². The Hall–Kier alpha value is -1.91. The summed E-state index contributed by atoms with van der Waals surface area (Å²) in [5, 5.41) is 0.548. The van der Waals surface area contributed by atoms with Gasteiger partial charge in [-0.15, -0.1) is 0 Å². The highest BCUT2D eigenvalue weighted by Gasteiger charge is 2.05. The molecule has 5 heteroatoms. The zero-order valence-corrected chi connectivity index (χ0v) is 14.9. The molecule has 1 atom stereocenters. The van der Waals surface area contributed by atoms with E-state index in [1.165, 1.54) is 6.07 Å². The van der Waals surface area contributed by atoms with Gasteiger partial charge in [-0.3, -0.25) is 4.79 Å². The number of aryl methyl sites for hydroxylation is 1. The number of nitrogens with two attached hydrogens (primary N) is 1.